The van der Waals surface area contributed by atoms with Gasteiger partial charge in [-0.05, 0) is 30.5 Å². The first kappa shape index (κ1) is 13.4. The van der Waals surface area contributed by atoms with Crippen molar-refractivity contribution in [3.63, 3.8) is 0 Å². The molecular formula is C13H19NO3S. The lowest BCUT2D eigenvalue weighted by Gasteiger charge is -2.14. The van der Waals surface area contributed by atoms with Gasteiger partial charge in [-0.25, -0.2) is 8.42 Å². The van der Waals surface area contributed by atoms with Gasteiger partial charge in [0.25, 0.3) is 0 Å². The quantitative estimate of drug-likeness (QED) is 0.902. The van der Waals surface area contributed by atoms with E-state index in [2.05, 4.69) is 0 Å². The van der Waals surface area contributed by atoms with Crippen LogP contribution in [0.2, 0.25) is 0 Å². The van der Waals surface area contributed by atoms with Gasteiger partial charge in [0.2, 0.25) is 0 Å². The Balaban J connectivity index is 1.99. The first-order valence-electron chi connectivity index (χ1n) is 6.23. The van der Waals surface area contributed by atoms with Crippen LogP contribution in [0, 0.1) is 0 Å². The molecular weight excluding hydrogens is 250 g/mol. The van der Waals surface area contributed by atoms with Gasteiger partial charge in [0.1, 0.15) is 11.9 Å². The average molecular weight is 269 g/mol. The Morgan fingerprint density at radius 2 is 2.06 bits per heavy atom. The third-order valence-electron chi connectivity index (χ3n) is 3.24. The molecule has 4 nitrogen and oxygen atoms in total. The standard InChI is InChI=1S/C13H19NO3S/c1-2-13(14)10-3-5-11(6-4-10)17-12-7-8-18(15,16)9-12/h3-6,12-13H,2,7-9,14H2,1H3/t12?,13-/m0/s1. The zero-order valence-electron chi connectivity index (χ0n) is 10.5. The predicted octanol–water partition coefficient (Wildman–Crippen LogP) is 1.66. The predicted molar refractivity (Wildman–Crippen MR) is 71.3 cm³/mol. The Morgan fingerprint density at radius 1 is 1.39 bits per heavy atom. The van der Waals surface area contributed by atoms with Crippen LogP contribution in [-0.4, -0.2) is 26.0 Å². The monoisotopic (exact) mass is 269 g/mol. The molecule has 1 heterocycles. The summed E-state index contributed by atoms with van der Waals surface area (Å²) < 4.78 is 28.3. The molecule has 18 heavy (non-hydrogen) atoms. The highest BCUT2D eigenvalue weighted by Gasteiger charge is 2.29. The largest absolute Gasteiger partial charge is 0.489 e. The first-order valence-corrected chi connectivity index (χ1v) is 8.05. The lowest BCUT2D eigenvalue weighted by atomic mass is 10.1. The van der Waals surface area contributed by atoms with Gasteiger partial charge in [-0.1, -0.05) is 19.1 Å². The van der Waals surface area contributed by atoms with Crippen LogP contribution in [0.4, 0.5) is 0 Å². The van der Waals surface area contributed by atoms with Crippen molar-refractivity contribution in [1.82, 2.24) is 0 Å². The van der Waals surface area contributed by atoms with Gasteiger partial charge in [-0.2, -0.15) is 0 Å². The molecule has 1 aromatic rings. The molecule has 2 atom stereocenters. The van der Waals surface area contributed by atoms with E-state index in [0.29, 0.717) is 12.2 Å². The van der Waals surface area contributed by atoms with Gasteiger partial charge in [-0.15, -0.1) is 0 Å². The molecule has 0 aromatic heterocycles. The lowest BCUT2D eigenvalue weighted by molar-refractivity contribution is 0.229. The molecule has 1 aromatic carbocycles. The zero-order chi connectivity index (χ0) is 13.2. The number of rotatable bonds is 4. The minimum atomic E-state index is -2.89. The van der Waals surface area contributed by atoms with Crippen LogP contribution in [0.3, 0.4) is 0 Å². The van der Waals surface area contributed by atoms with Gasteiger partial charge < -0.3 is 10.5 Å². The minimum absolute atomic E-state index is 0.0471. The molecule has 2 rings (SSSR count). The Hall–Kier alpha value is -1.07. The van der Waals surface area contributed by atoms with Crippen molar-refractivity contribution < 1.29 is 13.2 Å². The molecule has 1 aliphatic heterocycles. The summed E-state index contributed by atoms with van der Waals surface area (Å²) in [7, 11) is -2.89. The van der Waals surface area contributed by atoms with E-state index in [1.165, 1.54) is 0 Å². The molecule has 1 fully saturated rings. The number of nitrogens with two attached hydrogens (primary N) is 1. The Labute approximate surface area is 108 Å². The Morgan fingerprint density at radius 3 is 2.56 bits per heavy atom. The second-order valence-corrected chi connectivity index (χ2v) is 6.96. The average Bonchev–Trinajstić information content (AvgIpc) is 2.68. The molecule has 1 saturated heterocycles. The molecule has 5 heteroatoms. The molecule has 100 valence electrons. The van der Waals surface area contributed by atoms with Gasteiger partial charge in [0.05, 0.1) is 11.5 Å². The van der Waals surface area contributed by atoms with E-state index in [9.17, 15) is 8.42 Å². The van der Waals surface area contributed by atoms with E-state index >= 15 is 0 Å². The highest BCUT2D eigenvalue weighted by atomic mass is 32.2. The van der Waals surface area contributed by atoms with Crippen LogP contribution >= 0.6 is 0 Å². The fourth-order valence-corrected chi connectivity index (χ4v) is 3.67. The van der Waals surface area contributed by atoms with E-state index in [4.69, 9.17) is 10.5 Å². The van der Waals surface area contributed by atoms with E-state index < -0.39 is 9.84 Å². The van der Waals surface area contributed by atoms with Gasteiger partial charge in [0, 0.05) is 6.04 Å². The summed E-state index contributed by atoms with van der Waals surface area (Å²) in [5.41, 5.74) is 7.00. The van der Waals surface area contributed by atoms with Crippen molar-refractivity contribution in [3.8, 4) is 5.75 Å². The second kappa shape index (κ2) is 5.28. The van der Waals surface area contributed by atoms with E-state index in [1.54, 1.807) is 0 Å². The van der Waals surface area contributed by atoms with Crippen LogP contribution in [0.15, 0.2) is 24.3 Å². The van der Waals surface area contributed by atoms with Crippen molar-refractivity contribution in [2.24, 2.45) is 5.73 Å². The van der Waals surface area contributed by atoms with Crippen molar-refractivity contribution in [1.29, 1.82) is 0 Å². The fraction of sp³-hybridized carbons (Fsp3) is 0.538. The van der Waals surface area contributed by atoms with Crippen molar-refractivity contribution in [3.05, 3.63) is 29.8 Å². The third kappa shape index (κ3) is 3.23. The van der Waals surface area contributed by atoms with Crippen LogP contribution < -0.4 is 10.5 Å². The van der Waals surface area contributed by atoms with Gasteiger partial charge in [-0.3, -0.25) is 0 Å². The summed E-state index contributed by atoms with van der Waals surface area (Å²) in [6.07, 6.45) is 1.26. The van der Waals surface area contributed by atoms with Crippen molar-refractivity contribution in [2.45, 2.75) is 31.9 Å². The van der Waals surface area contributed by atoms with E-state index in [1.807, 2.05) is 31.2 Å². The van der Waals surface area contributed by atoms with Crippen LogP contribution in [0.25, 0.3) is 0 Å². The van der Waals surface area contributed by atoms with E-state index in [0.717, 1.165) is 12.0 Å². The summed E-state index contributed by atoms with van der Waals surface area (Å²) >= 11 is 0. The Bertz CT molecular complexity index is 495. The highest BCUT2D eigenvalue weighted by Crippen LogP contribution is 2.22. The van der Waals surface area contributed by atoms with E-state index in [-0.39, 0.29) is 23.7 Å². The molecule has 0 aliphatic carbocycles. The summed E-state index contributed by atoms with van der Waals surface area (Å²) in [4.78, 5) is 0. The summed E-state index contributed by atoms with van der Waals surface area (Å²) in [6, 6.07) is 7.64. The molecule has 0 radical (unpaired) electrons. The number of sulfone groups is 1. The molecule has 0 bridgehead atoms. The van der Waals surface area contributed by atoms with Crippen LogP contribution in [-0.2, 0) is 9.84 Å². The first-order chi connectivity index (χ1) is 8.50. The summed E-state index contributed by atoms with van der Waals surface area (Å²) in [5, 5.41) is 0. The minimum Gasteiger partial charge on any atom is -0.489 e. The van der Waals surface area contributed by atoms with Crippen molar-refractivity contribution in [2.75, 3.05) is 11.5 Å². The summed E-state index contributed by atoms with van der Waals surface area (Å²) in [5.74, 6) is 1.07. The lowest BCUT2D eigenvalue weighted by Crippen LogP contribution is -2.17. The molecule has 0 amide bonds. The van der Waals surface area contributed by atoms with Crippen molar-refractivity contribution >= 4 is 9.84 Å². The normalized spacial score (nSPS) is 23.8. The smallest absolute Gasteiger partial charge is 0.154 e. The molecule has 1 aliphatic rings. The summed E-state index contributed by atoms with van der Waals surface area (Å²) in [6.45, 7) is 2.04. The number of hydrogen-bond donors (Lipinski definition) is 1. The number of benzene rings is 1. The highest BCUT2D eigenvalue weighted by molar-refractivity contribution is 7.91. The molecule has 0 saturated carbocycles. The third-order valence-corrected chi connectivity index (χ3v) is 4.98. The molecule has 0 spiro atoms. The van der Waals surface area contributed by atoms with Crippen LogP contribution in [0.1, 0.15) is 31.4 Å². The van der Waals surface area contributed by atoms with Gasteiger partial charge >= 0.3 is 0 Å². The Kier molecular flexibility index (Phi) is 3.92. The van der Waals surface area contributed by atoms with Gasteiger partial charge in [0.15, 0.2) is 9.84 Å². The molecule has 2 N–H and O–H groups in total. The van der Waals surface area contributed by atoms with Crippen LogP contribution in [0.5, 0.6) is 5.75 Å². The number of ether oxygens (including phenoxy) is 1. The maximum atomic E-state index is 11.3. The fourth-order valence-electron chi connectivity index (χ4n) is 2.08. The topological polar surface area (TPSA) is 69.4 Å². The number of hydrogen-bond acceptors (Lipinski definition) is 4. The molecule has 1 unspecified atom stereocenters. The SMILES string of the molecule is CC[C@H](N)c1ccc(OC2CCS(=O)(=O)C2)cc1. The zero-order valence-corrected chi connectivity index (χ0v) is 11.3. The maximum Gasteiger partial charge on any atom is 0.154 e. The maximum absolute atomic E-state index is 11.3. The second-order valence-electron chi connectivity index (χ2n) is 4.73.